The zero-order chi connectivity index (χ0) is 11.5. The lowest BCUT2D eigenvalue weighted by Crippen LogP contribution is -1.99. The van der Waals surface area contributed by atoms with Gasteiger partial charge in [0.15, 0.2) is 0 Å². The Labute approximate surface area is 96.7 Å². The van der Waals surface area contributed by atoms with E-state index in [9.17, 15) is 0 Å². The molecular weight excluding hydrogens is 226 g/mol. The number of rotatable bonds is 3. The summed E-state index contributed by atoms with van der Waals surface area (Å²) in [5.74, 6) is 1.68. The van der Waals surface area contributed by atoms with E-state index >= 15 is 0 Å². The van der Waals surface area contributed by atoms with Gasteiger partial charge in [-0.15, -0.1) is 10.2 Å². The molecule has 2 heterocycles. The zero-order valence-corrected chi connectivity index (χ0v) is 9.78. The Morgan fingerprint density at radius 2 is 2.19 bits per heavy atom. The largest absolute Gasteiger partial charge is 0.416 e. The monoisotopic (exact) mass is 237 g/mol. The molecule has 2 aromatic heterocycles. The third-order valence-corrected chi connectivity index (χ3v) is 2.54. The number of nitrogens with two attached hydrogens (primary N) is 1. The molecule has 6 nitrogen and oxygen atoms in total. The van der Waals surface area contributed by atoms with Crippen molar-refractivity contribution in [2.75, 3.05) is 5.73 Å². The van der Waals surface area contributed by atoms with Crippen molar-refractivity contribution in [3.8, 4) is 0 Å². The molecule has 0 saturated heterocycles. The number of nitrogen functional groups attached to an aromatic ring is 1. The highest BCUT2D eigenvalue weighted by atomic mass is 32.2. The van der Waals surface area contributed by atoms with Gasteiger partial charge in [0, 0.05) is 19.4 Å². The third-order valence-electron chi connectivity index (χ3n) is 1.78. The van der Waals surface area contributed by atoms with E-state index in [1.807, 2.05) is 6.92 Å². The summed E-state index contributed by atoms with van der Waals surface area (Å²) in [5, 5.41) is 8.78. The van der Waals surface area contributed by atoms with Crippen molar-refractivity contribution in [3.63, 3.8) is 0 Å². The van der Waals surface area contributed by atoms with Crippen LogP contribution in [0, 0.1) is 6.92 Å². The Morgan fingerprint density at radius 1 is 1.38 bits per heavy atom. The molecule has 0 saturated carbocycles. The summed E-state index contributed by atoms with van der Waals surface area (Å²) in [6, 6.07) is 1.68. The van der Waals surface area contributed by atoms with Gasteiger partial charge in [0.1, 0.15) is 16.7 Å². The first-order chi connectivity index (χ1) is 7.67. The predicted molar refractivity (Wildman–Crippen MR) is 59.0 cm³/mol. The SMILES string of the molecule is CCc1nc(N)cc(Sc2nnc(C)o2)n1. The summed E-state index contributed by atoms with van der Waals surface area (Å²) in [6.07, 6.45) is 0.738. The first kappa shape index (κ1) is 10.9. The van der Waals surface area contributed by atoms with Crippen LogP contribution in [-0.4, -0.2) is 20.2 Å². The second-order valence-corrected chi connectivity index (χ2v) is 4.06. The predicted octanol–water partition coefficient (Wildman–Crippen LogP) is 1.46. The van der Waals surface area contributed by atoms with E-state index in [0.29, 0.717) is 27.8 Å². The number of anilines is 1. The molecule has 0 atom stereocenters. The van der Waals surface area contributed by atoms with Gasteiger partial charge in [-0.3, -0.25) is 0 Å². The molecular formula is C9H11N5OS. The summed E-state index contributed by atoms with van der Waals surface area (Å²) in [4.78, 5) is 8.39. The molecule has 0 fully saturated rings. The Bertz CT molecular complexity index is 498. The van der Waals surface area contributed by atoms with Crippen molar-refractivity contribution >= 4 is 17.6 Å². The average Bonchev–Trinajstić information content (AvgIpc) is 2.63. The molecule has 0 radical (unpaired) electrons. The number of nitrogens with zero attached hydrogens (tertiary/aromatic N) is 4. The Hall–Kier alpha value is -1.63. The fraction of sp³-hybridized carbons (Fsp3) is 0.333. The molecule has 2 aromatic rings. The second kappa shape index (κ2) is 4.48. The van der Waals surface area contributed by atoms with Crippen LogP contribution >= 0.6 is 11.8 Å². The average molecular weight is 237 g/mol. The van der Waals surface area contributed by atoms with Gasteiger partial charge in [0.05, 0.1) is 0 Å². The minimum Gasteiger partial charge on any atom is -0.416 e. The van der Waals surface area contributed by atoms with Gasteiger partial charge < -0.3 is 10.2 Å². The maximum absolute atomic E-state index is 5.66. The minimum atomic E-state index is 0.450. The molecule has 0 spiro atoms. The lowest BCUT2D eigenvalue weighted by Gasteiger charge is -2.01. The molecule has 0 aliphatic heterocycles. The molecule has 2 N–H and O–H groups in total. The van der Waals surface area contributed by atoms with E-state index in [1.54, 1.807) is 13.0 Å². The number of aryl methyl sites for hydroxylation is 2. The molecule has 2 rings (SSSR count). The number of hydrogen-bond acceptors (Lipinski definition) is 7. The van der Waals surface area contributed by atoms with Crippen LogP contribution in [0.15, 0.2) is 20.7 Å². The van der Waals surface area contributed by atoms with E-state index in [1.165, 1.54) is 11.8 Å². The van der Waals surface area contributed by atoms with E-state index in [4.69, 9.17) is 10.2 Å². The van der Waals surface area contributed by atoms with Gasteiger partial charge in [-0.2, -0.15) is 0 Å². The van der Waals surface area contributed by atoms with Crippen LogP contribution in [0.25, 0.3) is 0 Å². The van der Waals surface area contributed by atoms with Gasteiger partial charge in [-0.25, -0.2) is 9.97 Å². The minimum absolute atomic E-state index is 0.450. The van der Waals surface area contributed by atoms with Crippen LogP contribution in [0.2, 0.25) is 0 Å². The van der Waals surface area contributed by atoms with E-state index in [-0.39, 0.29) is 0 Å². The van der Waals surface area contributed by atoms with Gasteiger partial charge >= 0.3 is 0 Å². The molecule has 0 amide bonds. The Kier molecular flexibility index (Phi) is 3.04. The highest BCUT2D eigenvalue weighted by Crippen LogP contribution is 2.25. The number of aromatic nitrogens is 4. The highest BCUT2D eigenvalue weighted by Gasteiger charge is 2.08. The van der Waals surface area contributed by atoms with Crippen LogP contribution < -0.4 is 5.73 Å². The standard InChI is InChI=1S/C9H11N5OS/c1-3-7-11-6(10)4-8(12-7)16-9-14-13-5(2)15-9/h4H,3H2,1-2H3,(H2,10,11,12). The molecule has 7 heteroatoms. The Morgan fingerprint density at radius 3 is 2.81 bits per heavy atom. The van der Waals surface area contributed by atoms with Crippen molar-refractivity contribution in [3.05, 3.63) is 17.8 Å². The van der Waals surface area contributed by atoms with Crippen molar-refractivity contribution in [2.24, 2.45) is 0 Å². The molecule has 0 aliphatic carbocycles. The summed E-state index contributed by atoms with van der Waals surface area (Å²) in [5.41, 5.74) is 5.66. The number of hydrogen-bond donors (Lipinski definition) is 1. The van der Waals surface area contributed by atoms with Gasteiger partial charge in [0.25, 0.3) is 5.22 Å². The summed E-state index contributed by atoms with van der Waals surface area (Å²) in [7, 11) is 0. The first-order valence-corrected chi connectivity index (χ1v) is 5.60. The lowest BCUT2D eigenvalue weighted by atomic mass is 10.4. The smallest absolute Gasteiger partial charge is 0.282 e. The van der Waals surface area contributed by atoms with Gasteiger partial charge in [-0.05, 0) is 11.8 Å². The summed E-state index contributed by atoms with van der Waals surface area (Å²) >= 11 is 1.28. The van der Waals surface area contributed by atoms with E-state index in [2.05, 4.69) is 20.2 Å². The van der Waals surface area contributed by atoms with Crippen LogP contribution in [0.5, 0.6) is 0 Å². The second-order valence-electron chi connectivity index (χ2n) is 3.09. The molecule has 84 valence electrons. The normalized spacial score (nSPS) is 10.6. The quantitative estimate of drug-likeness (QED) is 0.808. The Balaban J connectivity index is 2.24. The van der Waals surface area contributed by atoms with E-state index in [0.717, 1.165) is 6.42 Å². The highest BCUT2D eigenvalue weighted by molar-refractivity contribution is 7.99. The lowest BCUT2D eigenvalue weighted by molar-refractivity contribution is 0.429. The van der Waals surface area contributed by atoms with Crippen LogP contribution in [-0.2, 0) is 6.42 Å². The summed E-state index contributed by atoms with van der Waals surface area (Å²) < 4.78 is 5.24. The molecule has 0 unspecified atom stereocenters. The van der Waals surface area contributed by atoms with Crippen LogP contribution in [0.3, 0.4) is 0 Å². The third kappa shape index (κ3) is 2.48. The van der Waals surface area contributed by atoms with E-state index < -0.39 is 0 Å². The van der Waals surface area contributed by atoms with Crippen LogP contribution in [0.4, 0.5) is 5.82 Å². The molecule has 0 aliphatic rings. The van der Waals surface area contributed by atoms with Gasteiger partial charge in [0.2, 0.25) is 5.89 Å². The fourth-order valence-electron chi connectivity index (χ4n) is 1.11. The molecule has 0 aromatic carbocycles. The van der Waals surface area contributed by atoms with Crippen molar-refractivity contribution in [2.45, 2.75) is 30.5 Å². The van der Waals surface area contributed by atoms with Crippen molar-refractivity contribution in [1.29, 1.82) is 0 Å². The maximum Gasteiger partial charge on any atom is 0.282 e. The molecule has 16 heavy (non-hydrogen) atoms. The zero-order valence-electron chi connectivity index (χ0n) is 8.97. The van der Waals surface area contributed by atoms with Crippen molar-refractivity contribution < 1.29 is 4.42 Å². The summed E-state index contributed by atoms with van der Waals surface area (Å²) in [6.45, 7) is 3.71. The van der Waals surface area contributed by atoms with Gasteiger partial charge in [-0.1, -0.05) is 6.92 Å². The van der Waals surface area contributed by atoms with Crippen LogP contribution in [0.1, 0.15) is 18.6 Å². The fourth-order valence-corrected chi connectivity index (χ4v) is 1.87. The molecule has 0 bridgehead atoms. The first-order valence-electron chi connectivity index (χ1n) is 4.78. The van der Waals surface area contributed by atoms with Crippen molar-refractivity contribution in [1.82, 2.24) is 20.2 Å². The topological polar surface area (TPSA) is 90.7 Å². The maximum atomic E-state index is 5.66.